The lowest BCUT2D eigenvalue weighted by atomic mass is 9.84. The van der Waals surface area contributed by atoms with Gasteiger partial charge in [-0.1, -0.05) is 34.6 Å². The van der Waals surface area contributed by atoms with Crippen LogP contribution in [0.15, 0.2) is 34.2 Å². The molecular weight excluding hydrogens is 538 g/mol. The van der Waals surface area contributed by atoms with Crippen molar-refractivity contribution in [1.82, 2.24) is 25.3 Å². The molecule has 1 aromatic carbocycles. The number of likely N-dealkylation sites (N-methyl/N-ethyl adjacent to an activating group) is 1. The van der Waals surface area contributed by atoms with Crippen molar-refractivity contribution in [2.75, 3.05) is 7.05 Å². The fourth-order valence-electron chi connectivity index (χ4n) is 4.08. The minimum atomic E-state index is -4.45. The number of sulfonamides is 1. The van der Waals surface area contributed by atoms with Crippen LogP contribution in [0.25, 0.3) is 10.9 Å². The van der Waals surface area contributed by atoms with E-state index in [2.05, 4.69) is 25.3 Å². The zero-order valence-corrected chi connectivity index (χ0v) is 25.4. The van der Waals surface area contributed by atoms with Gasteiger partial charge in [-0.15, -0.1) is 0 Å². The quantitative estimate of drug-likeness (QED) is 0.308. The van der Waals surface area contributed by atoms with Crippen molar-refractivity contribution < 1.29 is 27.5 Å². The van der Waals surface area contributed by atoms with Crippen LogP contribution in [0.1, 0.15) is 61.8 Å². The fourth-order valence-corrected chi connectivity index (χ4v) is 5.33. The highest BCUT2D eigenvalue weighted by atomic mass is 32.2. The number of hydrogen-bond donors (Lipinski definition) is 4. The number of rotatable bonds is 10. The summed E-state index contributed by atoms with van der Waals surface area (Å²) in [6, 6.07) is 1.17. The number of nitrogens with one attached hydrogen (secondary N) is 4. The second-order valence-electron chi connectivity index (χ2n) is 12.2. The summed E-state index contributed by atoms with van der Waals surface area (Å²) in [5.41, 5.74) is -1.93. The van der Waals surface area contributed by atoms with E-state index in [4.69, 9.17) is 4.74 Å². The first-order valence-electron chi connectivity index (χ1n) is 13.0. The maximum atomic E-state index is 13.7. The number of esters is 1. The second kappa shape index (κ2) is 12.5. The van der Waals surface area contributed by atoms with E-state index < -0.39 is 62.4 Å². The van der Waals surface area contributed by atoms with E-state index in [1.807, 2.05) is 13.8 Å². The molecule has 0 aliphatic rings. The Kier molecular flexibility index (Phi) is 10.2. The van der Waals surface area contributed by atoms with Crippen molar-refractivity contribution in [3.05, 3.63) is 34.9 Å². The van der Waals surface area contributed by atoms with Gasteiger partial charge in [0.15, 0.2) is 0 Å². The number of hydrogen-bond acceptors (Lipinski definition) is 8. The van der Waals surface area contributed by atoms with Crippen LogP contribution in [0, 0.1) is 17.3 Å². The van der Waals surface area contributed by atoms with Gasteiger partial charge in [-0.05, 0) is 56.7 Å². The van der Waals surface area contributed by atoms with Gasteiger partial charge in [0.25, 0.3) is 5.56 Å². The molecule has 3 atom stereocenters. The molecule has 0 aliphatic heterocycles. The molecule has 40 heavy (non-hydrogen) atoms. The van der Waals surface area contributed by atoms with Crippen molar-refractivity contribution in [2.45, 2.75) is 84.4 Å². The molecule has 12 nitrogen and oxygen atoms in total. The Labute approximate surface area is 235 Å². The number of fused-ring (bicyclic) bond motifs is 1. The number of H-pyrrole nitrogens is 1. The SMILES string of the molecule is CNC(=O)[C@@H](NC(=O)[C@H](CC(C)C)[C@H](NS(=O)(=O)c1ccc2nc[nH]c(=O)c2c1)C(=O)OC(C)(C)C)C(C)(C)C. The van der Waals surface area contributed by atoms with Crippen molar-refractivity contribution >= 4 is 38.7 Å². The summed E-state index contributed by atoms with van der Waals surface area (Å²) in [5.74, 6) is -3.44. The Morgan fingerprint density at radius 2 is 1.68 bits per heavy atom. The first-order chi connectivity index (χ1) is 18.3. The van der Waals surface area contributed by atoms with Crippen LogP contribution in [-0.4, -0.2) is 60.9 Å². The molecule has 2 rings (SSSR count). The van der Waals surface area contributed by atoms with Gasteiger partial charge in [-0.25, -0.2) is 13.4 Å². The van der Waals surface area contributed by atoms with Gasteiger partial charge in [0.2, 0.25) is 21.8 Å². The smallest absolute Gasteiger partial charge is 0.325 e. The lowest BCUT2D eigenvalue weighted by Gasteiger charge is -2.34. The number of carbonyl (C=O) groups excluding carboxylic acids is 3. The zero-order valence-electron chi connectivity index (χ0n) is 24.5. The van der Waals surface area contributed by atoms with Crippen LogP contribution in [0.2, 0.25) is 0 Å². The molecule has 0 saturated carbocycles. The van der Waals surface area contributed by atoms with Crippen molar-refractivity contribution in [2.24, 2.45) is 17.3 Å². The molecule has 0 radical (unpaired) electrons. The van der Waals surface area contributed by atoms with Gasteiger partial charge < -0.3 is 20.4 Å². The van der Waals surface area contributed by atoms with Gasteiger partial charge in [0.1, 0.15) is 17.7 Å². The maximum Gasteiger partial charge on any atom is 0.325 e. The summed E-state index contributed by atoms with van der Waals surface area (Å²) >= 11 is 0. The van der Waals surface area contributed by atoms with Gasteiger partial charge in [-0.2, -0.15) is 4.72 Å². The predicted molar refractivity (Wildman–Crippen MR) is 151 cm³/mol. The van der Waals surface area contributed by atoms with Crippen LogP contribution < -0.4 is 20.9 Å². The third-order valence-corrected chi connectivity index (χ3v) is 7.43. The first-order valence-corrected chi connectivity index (χ1v) is 14.5. The van der Waals surface area contributed by atoms with E-state index in [0.717, 1.165) is 6.07 Å². The van der Waals surface area contributed by atoms with Crippen LogP contribution in [-0.2, 0) is 29.1 Å². The Balaban J connectivity index is 2.61. The van der Waals surface area contributed by atoms with Gasteiger partial charge in [0.05, 0.1) is 28.0 Å². The number of ether oxygens (including phenoxy) is 1. The molecule has 13 heteroatoms. The molecule has 0 fully saturated rings. The summed E-state index contributed by atoms with van der Waals surface area (Å²) < 4.78 is 35.0. The molecule has 1 heterocycles. The van der Waals surface area contributed by atoms with Gasteiger partial charge in [-0.3, -0.25) is 19.2 Å². The molecule has 0 bridgehead atoms. The van der Waals surface area contributed by atoms with Crippen molar-refractivity contribution in [1.29, 1.82) is 0 Å². The third kappa shape index (κ3) is 8.59. The van der Waals surface area contributed by atoms with Crippen LogP contribution in [0.3, 0.4) is 0 Å². The predicted octanol–water partition coefficient (Wildman–Crippen LogP) is 1.85. The largest absolute Gasteiger partial charge is 0.459 e. The third-order valence-electron chi connectivity index (χ3n) is 5.99. The number of benzene rings is 1. The van der Waals surface area contributed by atoms with E-state index in [9.17, 15) is 27.6 Å². The van der Waals surface area contributed by atoms with E-state index in [0.29, 0.717) is 0 Å². The lowest BCUT2D eigenvalue weighted by Crippen LogP contribution is -2.58. The minimum Gasteiger partial charge on any atom is -0.459 e. The van der Waals surface area contributed by atoms with Crippen LogP contribution in [0.4, 0.5) is 0 Å². The normalized spacial score (nSPS) is 14.8. The minimum absolute atomic E-state index is 0.0364. The zero-order chi connectivity index (χ0) is 30.6. The number of aromatic amines is 1. The molecular formula is C27H41N5O7S. The monoisotopic (exact) mass is 579 g/mol. The number of amides is 2. The van der Waals surface area contributed by atoms with E-state index in [1.54, 1.807) is 41.5 Å². The van der Waals surface area contributed by atoms with Crippen molar-refractivity contribution in [3.8, 4) is 0 Å². The molecule has 0 unspecified atom stereocenters. The Bertz CT molecular complexity index is 1400. The maximum absolute atomic E-state index is 13.7. The van der Waals surface area contributed by atoms with Crippen LogP contribution >= 0.6 is 0 Å². The highest BCUT2D eigenvalue weighted by Crippen LogP contribution is 2.25. The molecule has 0 aliphatic carbocycles. The Morgan fingerprint density at radius 1 is 1.05 bits per heavy atom. The fraction of sp³-hybridized carbons (Fsp3) is 0.593. The number of carbonyl (C=O) groups is 3. The average molecular weight is 580 g/mol. The standard InChI is InChI=1S/C27H41N5O7S/c1-15(2)12-18(23(34)31-21(24(35)28-9)26(3,4)5)20(25(36)39-27(6,7)8)32-40(37,38)16-10-11-19-17(13-16)22(33)30-14-29-19/h10-11,13-15,18,20-21,32H,12H2,1-9H3,(H,28,35)(H,31,34)(H,29,30,33)/t18-,20+,21-/m1/s1. The van der Waals surface area contributed by atoms with Gasteiger partial charge in [0, 0.05) is 7.05 Å². The summed E-state index contributed by atoms with van der Waals surface area (Å²) in [6.45, 7) is 13.8. The molecule has 2 amide bonds. The molecule has 222 valence electrons. The lowest BCUT2D eigenvalue weighted by molar-refractivity contribution is -0.160. The van der Waals surface area contributed by atoms with E-state index in [1.165, 1.54) is 25.5 Å². The first kappa shape index (κ1) is 32.9. The molecule has 0 spiro atoms. The summed E-state index contributed by atoms with van der Waals surface area (Å²) in [5, 5.41) is 5.29. The summed E-state index contributed by atoms with van der Waals surface area (Å²) in [6.07, 6.45) is 1.30. The summed E-state index contributed by atoms with van der Waals surface area (Å²) in [7, 11) is -3.01. The highest BCUT2D eigenvalue weighted by molar-refractivity contribution is 7.89. The molecule has 4 N–H and O–H groups in total. The second-order valence-corrected chi connectivity index (χ2v) is 13.9. The molecule has 0 saturated heterocycles. The van der Waals surface area contributed by atoms with Gasteiger partial charge >= 0.3 is 5.97 Å². The van der Waals surface area contributed by atoms with Crippen molar-refractivity contribution in [3.63, 3.8) is 0 Å². The highest BCUT2D eigenvalue weighted by Gasteiger charge is 2.42. The van der Waals surface area contributed by atoms with Crippen LogP contribution in [0.5, 0.6) is 0 Å². The Hall–Kier alpha value is -3.32. The Morgan fingerprint density at radius 3 is 2.20 bits per heavy atom. The van der Waals surface area contributed by atoms with E-state index in [-0.39, 0.29) is 28.1 Å². The van der Waals surface area contributed by atoms with E-state index >= 15 is 0 Å². The summed E-state index contributed by atoms with van der Waals surface area (Å²) in [4.78, 5) is 58.2. The average Bonchev–Trinajstić information content (AvgIpc) is 2.82. The molecule has 2 aromatic rings. The molecule has 1 aromatic heterocycles. The number of aromatic nitrogens is 2. The topological polar surface area (TPSA) is 176 Å². The number of nitrogens with zero attached hydrogens (tertiary/aromatic N) is 1.